The fraction of sp³-hybridized carbons (Fsp3) is 0.562. The molecule has 1 aromatic carbocycles. The Morgan fingerprint density at radius 3 is 2.88 bits per heavy atom. The Morgan fingerprint density at radius 2 is 2.20 bits per heavy atom. The predicted molar refractivity (Wildman–Crippen MR) is 100 cm³/mol. The Balaban J connectivity index is 0.00000312. The van der Waals surface area contributed by atoms with Crippen LogP contribution in [0, 0.1) is 10.1 Å². The second-order valence-electron chi connectivity index (χ2n) is 6.01. The first-order chi connectivity index (χ1) is 11.5. The fourth-order valence-corrected chi connectivity index (χ4v) is 3.17. The van der Waals surface area contributed by atoms with Crippen molar-refractivity contribution < 1.29 is 9.72 Å². The summed E-state index contributed by atoms with van der Waals surface area (Å²) in [6, 6.07) is 5.14. The van der Waals surface area contributed by atoms with Gasteiger partial charge in [-0.25, -0.2) is 0 Å². The molecule has 2 rings (SSSR count). The zero-order valence-corrected chi connectivity index (χ0v) is 15.5. The molecule has 0 spiro atoms. The molecule has 1 unspecified atom stereocenters. The number of nitrogens with one attached hydrogen (secondary N) is 1. The maximum absolute atomic E-state index is 11.6. The van der Waals surface area contributed by atoms with E-state index in [2.05, 4.69) is 10.2 Å². The van der Waals surface area contributed by atoms with E-state index in [1.807, 2.05) is 6.07 Å². The lowest BCUT2D eigenvalue weighted by atomic mass is 10.0. The van der Waals surface area contributed by atoms with Crippen LogP contribution < -0.4 is 11.1 Å². The van der Waals surface area contributed by atoms with Crippen LogP contribution in [0.15, 0.2) is 18.2 Å². The summed E-state index contributed by atoms with van der Waals surface area (Å²) >= 11 is 5.86. The number of benzene rings is 1. The Bertz CT molecular complexity index is 601. The van der Waals surface area contributed by atoms with E-state index in [0.29, 0.717) is 26.1 Å². The highest BCUT2D eigenvalue weighted by molar-refractivity contribution is 6.32. The molecule has 1 aliphatic rings. The third-order valence-electron chi connectivity index (χ3n) is 4.25. The number of piperidine rings is 1. The number of rotatable bonds is 7. The average molecular weight is 391 g/mol. The number of nitro groups is 1. The molecule has 1 aliphatic heterocycles. The van der Waals surface area contributed by atoms with Gasteiger partial charge < -0.3 is 11.1 Å². The quantitative estimate of drug-likeness (QED) is 0.549. The molecule has 1 aromatic rings. The summed E-state index contributed by atoms with van der Waals surface area (Å²) in [4.78, 5) is 24.4. The van der Waals surface area contributed by atoms with Crippen molar-refractivity contribution in [2.45, 2.75) is 38.3 Å². The predicted octanol–water partition coefficient (Wildman–Crippen LogP) is 2.49. The maximum Gasteiger partial charge on any atom is 0.288 e. The van der Waals surface area contributed by atoms with Crippen LogP contribution in [-0.4, -0.2) is 41.4 Å². The molecule has 25 heavy (non-hydrogen) atoms. The lowest BCUT2D eigenvalue weighted by Crippen LogP contribution is -2.46. The second kappa shape index (κ2) is 10.6. The van der Waals surface area contributed by atoms with E-state index in [9.17, 15) is 14.9 Å². The summed E-state index contributed by atoms with van der Waals surface area (Å²) < 4.78 is 0. The van der Waals surface area contributed by atoms with Crippen LogP contribution in [0.2, 0.25) is 5.02 Å². The first-order valence-electron chi connectivity index (χ1n) is 8.15. The molecule has 3 N–H and O–H groups in total. The number of nitro benzene ring substituents is 1. The summed E-state index contributed by atoms with van der Waals surface area (Å²) in [7, 11) is 0. The Kier molecular flexibility index (Phi) is 9.13. The average Bonchev–Trinajstić information content (AvgIpc) is 2.56. The number of amides is 1. The van der Waals surface area contributed by atoms with Crippen LogP contribution in [-0.2, 0) is 11.3 Å². The molecule has 0 saturated carbocycles. The van der Waals surface area contributed by atoms with Crippen molar-refractivity contribution >= 4 is 35.6 Å². The van der Waals surface area contributed by atoms with Crippen LogP contribution in [0.4, 0.5) is 5.69 Å². The van der Waals surface area contributed by atoms with Crippen molar-refractivity contribution in [1.82, 2.24) is 10.2 Å². The first-order valence-corrected chi connectivity index (χ1v) is 8.52. The van der Waals surface area contributed by atoms with Crippen LogP contribution in [0.3, 0.4) is 0 Å². The van der Waals surface area contributed by atoms with Gasteiger partial charge in [-0.3, -0.25) is 19.8 Å². The molecule has 1 fully saturated rings. The molecule has 140 valence electrons. The molecule has 1 heterocycles. The minimum Gasteiger partial charge on any atom is -0.354 e. The van der Waals surface area contributed by atoms with Gasteiger partial charge in [-0.15, -0.1) is 12.4 Å². The van der Waals surface area contributed by atoms with Gasteiger partial charge in [0.2, 0.25) is 5.91 Å². The van der Waals surface area contributed by atoms with Gasteiger partial charge in [0, 0.05) is 38.2 Å². The zero-order valence-electron chi connectivity index (χ0n) is 13.9. The molecular formula is C16H24Cl2N4O3. The lowest BCUT2D eigenvalue weighted by molar-refractivity contribution is -0.384. The van der Waals surface area contributed by atoms with E-state index in [1.165, 1.54) is 6.07 Å². The largest absolute Gasteiger partial charge is 0.354 e. The van der Waals surface area contributed by atoms with Gasteiger partial charge in [-0.2, -0.15) is 0 Å². The first kappa shape index (κ1) is 21.6. The molecule has 1 atom stereocenters. The van der Waals surface area contributed by atoms with E-state index in [4.69, 9.17) is 17.3 Å². The van der Waals surface area contributed by atoms with Crippen molar-refractivity contribution in [2.75, 3.05) is 19.6 Å². The molecule has 1 amide bonds. The van der Waals surface area contributed by atoms with Gasteiger partial charge in [-0.1, -0.05) is 24.1 Å². The van der Waals surface area contributed by atoms with Gasteiger partial charge in [-0.05, 0) is 31.0 Å². The Labute approximate surface area is 158 Å². The molecule has 9 heteroatoms. The maximum atomic E-state index is 11.6. The molecular weight excluding hydrogens is 367 g/mol. The van der Waals surface area contributed by atoms with E-state index >= 15 is 0 Å². The van der Waals surface area contributed by atoms with Gasteiger partial charge in [0.05, 0.1) is 4.92 Å². The number of carbonyl (C=O) groups excluding carboxylic acids is 1. The zero-order chi connectivity index (χ0) is 17.5. The third kappa shape index (κ3) is 6.43. The summed E-state index contributed by atoms with van der Waals surface area (Å²) in [6.45, 7) is 2.44. The highest BCUT2D eigenvalue weighted by Crippen LogP contribution is 2.27. The van der Waals surface area contributed by atoms with Crippen molar-refractivity contribution in [2.24, 2.45) is 5.73 Å². The SMILES string of the molecule is Cl.NCCC(=O)NCC1CCCCN1Cc1ccc(Cl)c([N+](=O)[O-])c1. The summed E-state index contributed by atoms with van der Waals surface area (Å²) in [5, 5.41) is 14.1. The molecule has 1 saturated heterocycles. The third-order valence-corrected chi connectivity index (χ3v) is 4.57. The highest BCUT2D eigenvalue weighted by atomic mass is 35.5. The molecule has 0 radical (unpaired) electrons. The normalized spacial score (nSPS) is 17.6. The minimum atomic E-state index is -0.466. The van der Waals surface area contributed by atoms with E-state index in [0.717, 1.165) is 31.4 Å². The smallest absolute Gasteiger partial charge is 0.288 e. The van der Waals surface area contributed by atoms with Crippen molar-refractivity contribution in [1.29, 1.82) is 0 Å². The summed E-state index contributed by atoms with van der Waals surface area (Å²) in [5.41, 5.74) is 6.16. The standard InChI is InChI=1S/C16H23ClN4O3.ClH/c17-14-5-4-12(9-15(14)21(23)24)11-20-8-2-1-3-13(20)10-19-16(22)6-7-18;/h4-5,9,13H,1-3,6-8,10-11,18H2,(H,19,22);1H. The van der Waals surface area contributed by atoms with Gasteiger partial charge in [0.15, 0.2) is 0 Å². The second-order valence-corrected chi connectivity index (χ2v) is 6.41. The van der Waals surface area contributed by atoms with Crippen LogP contribution in [0.5, 0.6) is 0 Å². The van der Waals surface area contributed by atoms with Crippen molar-refractivity contribution in [3.63, 3.8) is 0 Å². The van der Waals surface area contributed by atoms with Crippen molar-refractivity contribution in [3.8, 4) is 0 Å². The molecule has 0 aliphatic carbocycles. The molecule has 0 bridgehead atoms. The number of likely N-dealkylation sites (tertiary alicyclic amines) is 1. The fourth-order valence-electron chi connectivity index (χ4n) is 2.98. The van der Waals surface area contributed by atoms with Gasteiger partial charge in [0.1, 0.15) is 5.02 Å². The number of halogens is 2. The number of nitrogens with zero attached hydrogens (tertiary/aromatic N) is 2. The Hall–Kier alpha value is -1.41. The lowest BCUT2D eigenvalue weighted by Gasteiger charge is -2.35. The molecule has 0 aromatic heterocycles. The van der Waals surface area contributed by atoms with Gasteiger partial charge >= 0.3 is 0 Å². The van der Waals surface area contributed by atoms with Crippen LogP contribution in [0.1, 0.15) is 31.2 Å². The summed E-state index contributed by atoms with van der Waals surface area (Å²) in [5.74, 6) is -0.0369. The van der Waals surface area contributed by atoms with Crippen LogP contribution >= 0.6 is 24.0 Å². The number of carbonyl (C=O) groups is 1. The van der Waals surface area contributed by atoms with Gasteiger partial charge in [0.25, 0.3) is 5.69 Å². The monoisotopic (exact) mass is 390 g/mol. The number of hydrogen-bond acceptors (Lipinski definition) is 5. The van der Waals surface area contributed by atoms with E-state index < -0.39 is 4.92 Å². The number of nitrogens with two attached hydrogens (primary N) is 1. The highest BCUT2D eigenvalue weighted by Gasteiger charge is 2.23. The van der Waals surface area contributed by atoms with Crippen molar-refractivity contribution in [3.05, 3.63) is 38.9 Å². The minimum absolute atomic E-state index is 0. The van der Waals surface area contributed by atoms with E-state index in [1.54, 1.807) is 6.07 Å². The summed E-state index contributed by atoms with van der Waals surface area (Å²) in [6.07, 6.45) is 3.53. The topological polar surface area (TPSA) is 102 Å². The van der Waals surface area contributed by atoms with E-state index in [-0.39, 0.29) is 35.1 Å². The molecule has 7 nitrogen and oxygen atoms in total. The van der Waals surface area contributed by atoms with Crippen LogP contribution in [0.25, 0.3) is 0 Å². The Morgan fingerprint density at radius 1 is 1.44 bits per heavy atom. The number of hydrogen-bond donors (Lipinski definition) is 2.